The third-order valence-corrected chi connectivity index (χ3v) is 6.92. The van der Waals surface area contributed by atoms with E-state index in [1.54, 1.807) is 0 Å². The molecule has 5 nitrogen and oxygen atoms in total. The first-order valence-corrected chi connectivity index (χ1v) is 9.54. The van der Waals surface area contributed by atoms with Gasteiger partial charge in [0.1, 0.15) is 11.2 Å². The summed E-state index contributed by atoms with van der Waals surface area (Å²) in [4.78, 5) is 22.5. The molecule has 0 aromatic heterocycles. The third-order valence-electron chi connectivity index (χ3n) is 4.08. The van der Waals surface area contributed by atoms with Crippen LogP contribution in [0.2, 0.25) is 0 Å². The molecule has 2 atom stereocenters. The molecule has 2 unspecified atom stereocenters. The van der Waals surface area contributed by atoms with E-state index < -0.39 is 31.8 Å². The number of hydrogen-bond acceptors (Lipinski definition) is 3. The topological polar surface area (TPSA) is 83.8 Å². The largest absolute Gasteiger partial charge is 0.481 e. The average molecular weight is 344 g/mol. The van der Waals surface area contributed by atoms with E-state index in [0.717, 1.165) is 16.4 Å². The number of rotatable bonds is 5. The highest BCUT2D eigenvalue weighted by molar-refractivity contribution is 7.80. The van der Waals surface area contributed by atoms with E-state index in [0.29, 0.717) is 5.75 Å². The molecule has 1 aliphatic heterocycles. The van der Waals surface area contributed by atoms with Crippen LogP contribution in [0.4, 0.5) is 0 Å². The number of benzene rings is 2. The summed E-state index contributed by atoms with van der Waals surface area (Å²) in [6.45, 7) is 4.23. The zero-order chi connectivity index (χ0) is 17.3. The minimum atomic E-state index is -2.55. The zero-order valence-corrected chi connectivity index (χ0v) is 13.8. The molecule has 0 bridgehead atoms. The molecule has 0 fully saturated rings. The van der Waals surface area contributed by atoms with Crippen LogP contribution in [0.3, 0.4) is 0 Å². The Labute approximate surface area is 140 Å². The molecule has 6 heteroatoms. The van der Waals surface area contributed by atoms with E-state index in [1.165, 1.54) is 0 Å². The molecule has 0 aliphatic carbocycles. The second-order valence-corrected chi connectivity index (χ2v) is 8.62. The molecule has 0 radical (unpaired) electrons. The van der Waals surface area contributed by atoms with Crippen molar-refractivity contribution in [2.24, 2.45) is 5.92 Å². The molecule has 124 valence electrons. The van der Waals surface area contributed by atoms with Gasteiger partial charge in [0.25, 0.3) is 0 Å². The van der Waals surface area contributed by atoms with Crippen molar-refractivity contribution in [1.29, 1.82) is 0 Å². The number of para-hydroxylation sites is 1. The molecule has 0 saturated heterocycles. The molecule has 0 saturated carbocycles. The number of carboxylic acids is 2. The van der Waals surface area contributed by atoms with Crippen LogP contribution < -0.4 is 9.83 Å². The van der Waals surface area contributed by atoms with E-state index in [-0.39, 0.29) is 6.16 Å². The van der Waals surface area contributed by atoms with Crippen molar-refractivity contribution in [2.45, 2.75) is 6.42 Å². The summed E-state index contributed by atoms with van der Waals surface area (Å²) < 4.78 is 6.15. The second kappa shape index (κ2) is 6.25. The predicted molar refractivity (Wildman–Crippen MR) is 92.7 cm³/mol. The molecule has 0 amide bonds. The van der Waals surface area contributed by atoms with Crippen LogP contribution >= 0.6 is 7.49 Å². The van der Waals surface area contributed by atoms with Gasteiger partial charge in [0.2, 0.25) is 0 Å². The lowest BCUT2D eigenvalue weighted by molar-refractivity contribution is -0.147. The fourth-order valence-electron chi connectivity index (χ4n) is 3.00. The summed E-state index contributed by atoms with van der Waals surface area (Å²) in [5, 5.41) is 19.2. The van der Waals surface area contributed by atoms with Crippen molar-refractivity contribution in [3.63, 3.8) is 0 Å². The average Bonchev–Trinajstić information content (AvgIpc) is 2.54. The summed E-state index contributed by atoms with van der Waals surface area (Å²) in [7, 11) is -2.55. The van der Waals surface area contributed by atoms with Gasteiger partial charge in [0.15, 0.2) is 5.75 Å². The Kier molecular flexibility index (Phi) is 4.29. The quantitative estimate of drug-likeness (QED) is 0.642. The van der Waals surface area contributed by atoms with Gasteiger partial charge in [-0.2, -0.15) is 0 Å². The fourth-order valence-corrected chi connectivity index (χ4v) is 5.89. The van der Waals surface area contributed by atoms with Gasteiger partial charge in [0.05, 0.1) is 20.1 Å². The molecule has 2 aromatic carbocycles. The lowest BCUT2D eigenvalue weighted by Gasteiger charge is -2.36. The van der Waals surface area contributed by atoms with Gasteiger partial charge < -0.3 is 14.7 Å². The van der Waals surface area contributed by atoms with Crippen LogP contribution in [0.15, 0.2) is 48.5 Å². The highest BCUT2D eigenvalue weighted by atomic mass is 31.2. The highest BCUT2D eigenvalue weighted by Gasteiger charge is 2.43. The first kappa shape index (κ1) is 16.5. The van der Waals surface area contributed by atoms with Crippen LogP contribution in [-0.2, 0) is 9.59 Å². The van der Waals surface area contributed by atoms with Gasteiger partial charge in [0, 0.05) is 11.1 Å². The van der Waals surface area contributed by atoms with Crippen molar-refractivity contribution >= 4 is 24.7 Å². The van der Waals surface area contributed by atoms with E-state index in [2.05, 4.69) is 6.66 Å². The smallest absolute Gasteiger partial charge is 0.310 e. The molecular formula is C18H17O5P. The number of aliphatic carboxylic acids is 2. The van der Waals surface area contributed by atoms with E-state index in [4.69, 9.17) is 9.63 Å². The second-order valence-electron chi connectivity index (χ2n) is 5.81. The van der Waals surface area contributed by atoms with Gasteiger partial charge in [-0.25, -0.2) is 0 Å². The number of fused-ring (bicyclic) bond motifs is 3. The zero-order valence-electron chi connectivity index (χ0n) is 12.9. The van der Waals surface area contributed by atoms with Crippen molar-refractivity contribution in [3.8, 4) is 16.9 Å². The third kappa shape index (κ3) is 3.00. The molecule has 2 aromatic rings. The molecule has 0 spiro atoms. The lowest BCUT2D eigenvalue weighted by atomic mass is 10.0. The van der Waals surface area contributed by atoms with Gasteiger partial charge in [-0.1, -0.05) is 36.4 Å². The summed E-state index contributed by atoms with van der Waals surface area (Å²) >= 11 is 0. The molecular weight excluding hydrogens is 327 g/mol. The molecule has 1 aliphatic rings. The molecule has 1 heterocycles. The first-order valence-electron chi connectivity index (χ1n) is 7.46. The molecule has 24 heavy (non-hydrogen) atoms. The van der Waals surface area contributed by atoms with Crippen LogP contribution in [0.1, 0.15) is 6.42 Å². The maximum atomic E-state index is 11.5. The summed E-state index contributed by atoms with van der Waals surface area (Å²) in [5.41, 5.74) is 1.92. The first-order chi connectivity index (χ1) is 11.4. The Hall–Kier alpha value is -2.39. The number of hydrogen-bond donors (Lipinski definition) is 2. The Balaban J connectivity index is 2.04. The summed E-state index contributed by atoms with van der Waals surface area (Å²) in [6, 6.07) is 15.2. The fraction of sp³-hybridized carbons (Fsp3) is 0.167. The maximum absolute atomic E-state index is 11.5. The van der Waals surface area contributed by atoms with Gasteiger partial charge in [-0.15, -0.1) is 6.66 Å². The Morgan fingerprint density at radius 2 is 1.67 bits per heavy atom. The minimum Gasteiger partial charge on any atom is -0.481 e. The normalized spacial score (nSPS) is 19.5. The lowest BCUT2D eigenvalue weighted by Crippen LogP contribution is -2.30. The standard InChI is InChI=1S/C18H17O5P/c1-24(11-12(18(21)22)10-17(19)20)16-9-5-3-7-14(16)13-6-2-4-8-15(13)23-24/h2-9,12H,1,10-11H2,(H,19,20)(H,21,22). The highest BCUT2D eigenvalue weighted by Crippen LogP contribution is 2.63. The number of carbonyl (C=O) groups is 2. The Morgan fingerprint density at radius 1 is 1.04 bits per heavy atom. The van der Waals surface area contributed by atoms with Gasteiger partial charge in [-0.05, 0) is 12.1 Å². The summed E-state index contributed by atoms with van der Waals surface area (Å²) in [6.07, 6.45) is -0.361. The van der Waals surface area contributed by atoms with Gasteiger partial charge in [-0.3, -0.25) is 9.59 Å². The van der Waals surface area contributed by atoms with Crippen molar-refractivity contribution < 1.29 is 24.3 Å². The van der Waals surface area contributed by atoms with Crippen LogP contribution in [0, 0.1) is 12.6 Å². The van der Waals surface area contributed by atoms with E-state index >= 15 is 0 Å². The number of carboxylic acid groups (broad SMARTS) is 2. The predicted octanol–water partition coefficient (Wildman–Crippen LogP) is 3.27. The Morgan fingerprint density at radius 3 is 2.33 bits per heavy atom. The molecule has 3 rings (SSSR count). The van der Waals surface area contributed by atoms with E-state index in [1.807, 2.05) is 48.5 Å². The Bertz CT molecular complexity index is 804. The van der Waals surface area contributed by atoms with Crippen LogP contribution in [0.25, 0.3) is 11.1 Å². The van der Waals surface area contributed by atoms with Crippen LogP contribution in [-0.4, -0.2) is 28.3 Å². The van der Waals surface area contributed by atoms with Crippen molar-refractivity contribution in [2.75, 3.05) is 6.16 Å². The minimum absolute atomic E-state index is 0.0833. The monoisotopic (exact) mass is 344 g/mol. The van der Waals surface area contributed by atoms with Crippen molar-refractivity contribution in [3.05, 3.63) is 55.2 Å². The summed E-state index contributed by atoms with van der Waals surface area (Å²) in [5.74, 6) is -2.65. The van der Waals surface area contributed by atoms with Crippen molar-refractivity contribution in [1.82, 2.24) is 0 Å². The van der Waals surface area contributed by atoms with Crippen LogP contribution in [0.5, 0.6) is 5.75 Å². The van der Waals surface area contributed by atoms with Gasteiger partial charge >= 0.3 is 11.9 Å². The SMILES string of the molecule is [CH2-][P+]1(CC(CC(=O)O)C(=O)O)Oc2ccccc2-c2ccccc21. The van der Waals surface area contributed by atoms with E-state index in [9.17, 15) is 14.7 Å². The molecule has 2 N–H and O–H groups in total. The maximum Gasteiger partial charge on any atom is 0.310 e.